The number of pyridine rings is 1. The molecule has 2 aliphatic rings. The third kappa shape index (κ3) is 5.12. The summed E-state index contributed by atoms with van der Waals surface area (Å²) in [5.74, 6) is -0.214. The van der Waals surface area contributed by atoms with Crippen LogP contribution in [0.2, 0.25) is 0 Å². The highest BCUT2D eigenvalue weighted by molar-refractivity contribution is 9.10. The van der Waals surface area contributed by atoms with Gasteiger partial charge < -0.3 is 19.1 Å². The largest absolute Gasteiger partial charge is 0.461 e. The van der Waals surface area contributed by atoms with Gasteiger partial charge in [-0.3, -0.25) is 28.6 Å². The fourth-order valence-electron chi connectivity index (χ4n) is 3.80. The number of aliphatic hydroxyl groups excluding tert-OH is 1. The van der Waals surface area contributed by atoms with Crippen molar-refractivity contribution in [3.8, 4) is 5.75 Å². The predicted molar refractivity (Wildman–Crippen MR) is 121 cm³/mol. The second kappa shape index (κ2) is 9.58. The summed E-state index contributed by atoms with van der Waals surface area (Å²) >= 11 is 2.75. The summed E-state index contributed by atoms with van der Waals surface area (Å²) in [7, 11) is -3.75. The minimum atomic E-state index is -3.75. The molecule has 2 aromatic heterocycles. The summed E-state index contributed by atoms with van der Waals surface area (Å²) in [5.41, 5.74) is 0.125. The Hall–Kier alpha value is -2.38. The molecule has 2 unspecified atom stereocenters. The molecule has 1 fully saturated rings. The van der Waals surface area contributed by atoms with Crippen LogP contribution < -0.4 is 15.8 Å². The molecule has 1 saturated heterocycles. The van der Waals surface area contributed by atoms with Crippen molar-refractivity contribution in [2.75, 3.05) is 12.8 Å². The summed E-state index contributed by atoms with van der Waals surface area (Å²) in [4.78, 5) is 40.7. The van der Waals surface area contributed by atoms with Crippen molar-refractivity contribution < 1.29 is 37.4 Å². The van der Waals surface area contributed by atoms with Gasteiger partial charge in [0, 0.05) is 36.5 Å². The lowest BCUT2D eigenvalue weighted by molar-refractivity contribution is -0.142. The van der Waals surface area contributed by atoms with Gasteiger partial charge in [-0.25, -0.2) is 13.8 Å². The van der Waals surface area contributed by atoms with Crippen molar-refractivity contribution in [1.29, 1.82) is 0 Å². The molecule has 5 atom stereocenters. The smallest absolute Gasteiger partial charge is 0.379 e. The molecule has 0 radical (unpaired) electrons. The first-order chi connectivity index (χ1) is 16.4. The molecular formula is C20H22BrFN3O9P. The first kappa shape index (κ1) is 25.7. The number of fused-ring (bicyclic) bond motifs is 1. The molecule has 0 spiro atoms. The zero-order valence-electron chi connectivity index (χ0n) is 18.6. The van der Waals surface area contributed by atoms with Crippen LogP contribution in [-0.2, 0) is 36.4 Å². The van der Waals surface area contributed by atoms with E-state index < -0.39 is 54.4 Å². The van der Waals surface area contributed by atoms with Crippen LogP contribution in [0.3, 0.4) is 0 Å². The first-order valence-electron chi connectivity index (χ1n) is 10.5. The monoisotopic (exact) mass is 577 g/mol. The minimum absolute atomic E-state index is 0.0170. The topological polar surface area (TPSA) is 159 Å². The SMILES string of the molecule is CC(=O)OCc1cnc(C)c2c1CCP(=O)(OC[C@H]1O[C@@H](n3ccc(=O)[nH]c3=O)C(F)(Br)[C@H]1O)O2. The van der Waals surface area contributed by atoms with E-state index in [2.05, 4.69) is 20.9 Å². The molecule has 35 heavy (non-hydrogen) atoms. The number of ether oxygens (including phenoxy) is 2. The van der Waals surface area contributed by atoms with Crippen LogP contribution in [-0.4, -0.2) is 55.2 Å². The van der Waals surface area contributed by atoms with Crippen molar-refractivity contribution in [2.24, 2.45) is 0 Å². The third-order valence-electron chi connectivity index (χ3n) is 5.62. The summed E-state index contributed by atoms with van der Waals surface area (Å²) in [6, 6.07) is 1.00. The van der Waals surface area contributed by atoms with E-state index >= 15 is 4.39 Å². The van der Waals surface area contributed by atoms with Gasteiger partial charge in [0.25, 0.3) is 5.56 Å². The summed E-state index contributed by atoms with van der Waals surface area (Å²) < 4.78 is 48.4. The highest BCUT2D eigenvalue weighted by Crippen LogP contribution is 2.55. The normalized spacial score (nSPS) is 29.9. The Kier molecular flexibility index (Phi) is 7.04. The number of esters is 1. The quantitative estimate of drug-likeness (QED) is 0.292. The molecular weight excluding hydrogens is 556 g/mol. The lowest BCUT2D eigenvalue weighted by atomic mass is 10.1. The third-order valence-corrected chi connectivity index (χ3v) is 8.26. The summed E-state index contributed by atoms with van der Waals surface area (Å²) in [6.07, 6.45) is -1.94. The van der Waals surface area contributed by atoms with Gasteiger partial charge in [-0.05, 0) is 29.3 Å². The Morgan fingerprint density at radius 3 is 2.91 bits per heavy atom. The lowest BCUT2D eigenvalue weighted by Crippen LogP contribution is -2.41. The first-order valence-corrected chi connectivity index (χ1v) is 13.0. The number of aromatic amines is 1. The molecule has 0 amide bonds. The predicted octanol–water partition coefficient (Wildman–Crippen LogP) is 1.47. The van der Waals surface area contributed by atoms with Gasteiger partial charge in [-0.15, -0.1) is 0 Å². The highest BCUT2D eigenvalue weighted by Gasteiger charge is 2.57. The second-order valence-electron chi connectivity index (χ2n) is 8.09. The van der Waals surface area contributed by atoms with Crippen molar-refractivity contribution in [2.45, 2.75) is 49.9 Å². The molecule has 4 heterocycles. The van der Waals surface area contributed by atoms with Gasteiger partial charge in [0.15, 0.2) is 12.0 Å². The van der Waals surface area contributed by atoms with E-state index in [0.29, 0.717) is 16.8 Å². The molecule has 0 aliphatic carbocycles. The van der Waals surface area contributed by atoms with E-state index in [-0.39, 0.29) is 24.9 Å². The summed E-state index contributed by atoms with van der Waals surface area (Å²) in [6.45, 7) is 2.40. The van der Waals surface area contributed by atoms with Crippen LogP contribution in [0.5, 0.6) is 5.75 Å². The van der Waals surface area contributed by atoms with E-state index in [1.807, 2.05) is 4.98 Å². The van der Waals surface area contributed by atoms with Crippen LogP contribution in [0.1, 0.15) is 30.0 Å². The number of hydrogen-bond donors (Lipinski definition) is 2. The molecule has 12 nitrogen and oxygen atoms in total. The number of hydrogen-bond acceptors (Lipinski definition) is 10. The van der Waals surface area contributed by atoms with Gasteiger partial charge in [-0.2, -0.15) is 0 Å². The molecule has 4 rings (SSSR count). The zero-order valence-corrected chi connectivity index (χ0v) is 21.1. The fraction of sp³-hybridized carbons (Fsp3) is 0.500. The van der Waals surface area contributed by atoms with Gasteiger partial charge >= 0.3 is 19.3 Å². The number of aromatic nitrogens is 3. The average Bonchev–Trinajstić information content (AvgIpc) is 3.01. The number of carbonyl (C=O) groups excluding carboxylic acids is 1. The van der Waals surface area contributed by atoms with Crippen LogP contribution in [0.25, 0.3) is 0 Å². The van der Waals surface area contributed by atoms with Crippen LogP contribution >= 0.6 is 23.5 Å². The number of H-pyrrole nitrogens is 1. The number of nitrogens with zero attached hydrogens (tertiary/aromatic N) is 2. The number of aliphatic hydroxyl groups is 1. The standard InChI is InChI=1S/C20H22BrFN3O9P/c1-10-16-13(12(7-23-10)8-31-11(2)26)4-6-35(30,34-16)32-9-14-17(28)20(21,22)18(33-14)25-5-3-15(27)24-19(25)29/h3,5,7,14,17-18,28H,4,6,8-9H2,1-2H3,(H,24,27,29)/t14-,17+,18-,20?,35?/m1/s1. The van der Waals surface area contributed by atoms with E-state index in [4.69, 9.17) is 18.5 Å². The van der Waals surface area contributed by atoms with E-state index in [0.717, 1.165) is 16.8 Å². The number of alkyl halides is 2. The number of nitrogens with one attached hydrogen (secondary N) is 1. The maximum atomic E-state index is 15.3. The molecule has 0 bridgehead atoms. The average molecular weight is 578 g/mol. The van der Waals surface area contributed by atoms with E-state index in [9.17, 15) is 24.1 Å². The number of aryl methyl sites for hydroxylation is 1. The van der Waals surface area contributed by atoms with Crippen molar-refractivity contribution in [1.82, 2.24) is 14.5 Å². The number of halogens is 2. The summed E-state index contributed by atoms with van der Waals surface area (Å²) in [5, 5.41) is 10.5. The molecule has 2 aromatic rings. The second-order valence-corrected chi connectivity index (χ2v) is 11.4. The molecule has 0 aromatic carbocycles. The molecule has 2 aliphatic heterocycles. The van der Waals surface area contributed by atoms with Gasteiger partial charge in [0.2, 0.25) is 4.58 Å². The van der Waals surface area contributed by atoms with E-state index in [1.165, 1.54) is 6.92 Å². The zero-order chi connectivity index (χ0) is 25.5. The van der Waals surface area contributed by atoms with Crippen molar-refractivity contribution >= 4 is 29.5 Å². The van der Waals surface area contributed by atoms with Gasteiger partial charge in [0.1, 0.15) is 18.8 Å². The Balaban J connectivity index is 1.49. The number of carbonyl (C=O) groups is 1. The van der Waals surface area contributed by atoms with Crippen LogP contribution in [0.15, 0.2) is 28.0 Å². The molecule has 15 heteroatoms. The fourth-order valence-corrected chi connectivity index (χ4v) is 6.09. The maximum absolute atomic E-state index is 15.3. The van der Waals surface area contributed by atoms with Gasteiger partial charge in [0.05, 0.1) is 18.5 Å². The van der Waals surface area contributed by atoms with Crippen LogP contribution in [0.4, 0.5) is 4.39 Å². The molecule has 190 valence electrons. The maximum Gasteiger partial charge on any atom is 0.379 e. The van der Waals surface area contributed by atoms with Crippen molar-refractivity contribution in [3.63, 3.8) is 0 Å². The lowest BCUT2D eigenvalue weighted by Gasteiger charge is -2.28. The molecule has 0 saturated carbocycles. The Labute approximate surface area is 206 Å². The van der Waals surface area contributed by atoms with Gasteiger partial charge in [-0.1, -0.05) is 0 Å². The van der Waals surface area contributed by atoms with Crippen LogP contribution in [0, 0.1) is 6.92 Å². The number of rotatable bonds is 6. The Morgan fingerprint density at radius 1 is 1.49 bits per heavy atom. The highest BCUT2D eigenvalue weighted by atomic mass is 79.9. The Morgan fingerprint density at radius 2 is 2.23 bits per heavy atom. The molecule has 2 N–H and O–H groups in total. The van der Waals surface area contributed by atoms with E-state index in [1.54, 1.807) is 13.1 Å². The van der Waals surface area contributed by atoms with Crippen molar-refractivity contribution in [3.05, 3.63) is 56.1 Å². The Bertz CT molecular complexity index is 1310. The minimum Gasteiger partial charge on any atom is -0.461 e.